The highest BCUT2D eigenvalue weighted by molar-refractivity contribution is 8.32. The number of hydrogen-bond donors (Lipinski definition) is 11. The van der Waals surface area contributed by atoms with Gasteiger partial charge >= 0.3 is 18.1 Å². The number of imidazole rings is 5. The van der Waals surface area contributed by atoms with Crippen LogP contribution in [-0.2, 0) is 184 Å². The summed E-state index contributed by atoms with van der Waals surface area (Å²) in [6, 6.07) is 0. The Morgan fingerprint density at radius 3 is 1.04 bits per heavy atom. The molecular weight excluding hydrogens is 2270 g/mol. The molecular formula is C72H87N30O34P7S7-6. The van der Waals surface area contributed by atoms with Crippen LogP contribution in [0.25, 0.3) is 55.8 Å². The fourth-order valence-electron chi connectivity index (χ4n) is 17.7. The molecule has 0 spiro atoms. The van der Waals surface area contributed by atoms with Gasteiger partial charge in [-0.2, -0.15) is 19.9 Å². The van der Waals surface area contributed by atoms with Gasteiger partial charge in [-0.05, 0) is 32.1 Å². The lowest BCUT2D eigenvalue weighted by Crippen LogP contribution is -2.34. The highest BCUT2D eigenvalue weighted by atomic mass is 32.7. The van der Waals surface area contributed by atoms with Gasteiger partial charge in [-0.25, -0.2) is 54.4 Å². The summed E-state index contributed by atoms with van der Waals surface area (Å²) in [7, 11) is 1.05. The molecule has 28 atom stereocenters. The van der Waals surface area contributed by atoms with Crippen LogP contribution < -0.4 is 92.5 Å². The molecule has 19 rings (SSSR count). The van der Waals surface area contributed by atoms with E-state index >= 15 is 14.7 Å². The molecule has 12 aromatic heterocycles. The predicted octanol–water partition coefficient (Wildman–Crippen LogP) is -2.36. The van der Waals surface area contributed by atoms with Gasteiger partial charge < -0.3 is 173 Å². The van der Waals surface area contributed by atoms with E-state index < -0.39 is 249 Å². The fraction of sp³-hybridized carbons (Fsp3) is 0.542. The molecule has 17 N–H and O–H groups in total. The second-order valence-corrected chi connectivity index (χ2v) is 53.7. The molecule has 0 bridgehead atoms. The smallest absolute Gasteiger partial charge is 0.351 e. The van der Waals surface area contributed by atoms with Gasteiger partial charge in [-0.3, -0.25) is 75.6 Å². The molecule has 0 saturated carbocycles. The molecule has 12 aromatic rings. The van der Waals surface area contributed by atoms with Crippen molar-refractivity contribution in [2.45, 2.75) is 201 Å². The Labute approximate surface area is 875 Å². The first kappa shape index (κ1) is 110. The Morgan fingerprint density at radius 2 is 0.673 bits per heavy atom. The van der Waals surface area contributed by atoms with E-state index in [2.05, 4.69) is 84.7 Å². The molecule has 7 saturated heterocycles. The summed E-state index contributed by atoms with van der Waals surface area (Å²) >= 11 is 38.5. The van der Waals surface area contributed by atoms with E-state index in [1.807, 2.05) is 0 Å². The third kappa shape index (κ3) is 24.4. The maximum Gasteiger partial charge on any atom is 0.351 e. The highest BCUT2D eigenvalue weighted by Crippen LogP contribution is 2.58. The molecule has 7 fully saturated rings. The minimum Gasteiger partial charge on any atom is -0.780 e. The zero-order chi connectivity index (χ0) is 107. The van der Waals surface area contributed by atoms with E-state index in [-0.39, 0.29) is 148 Å². The number of nitrogen functional groups attached to an aromatic ring is 6. The van der Waals surface area contributed by atoms with E-state index in [1.54, 1.807) is 13.8 Å². The number of hydrogen-bond acceptors (Lipinski definition) is 59. The van der Waals surface area contributed by atoms with Crippen LogP contribution in [0.2, 0.25) is 0 Å². The Hall–Kier alpha value is -8.09. The summed E-state index contributed by atoms with van der Waals surface area (Å²) in [5, 5.41) is 0. The molecule has 7 aliphatic rings. The van der Waals surface area contributed by atoms with Gasteiger partial charge in [-0.15, -0.1) is 0 Å². The maximum atomic E-state index is 15.2. The number of nitrogens with two attached hydrogens (primary N) is 6. The Morgan fingerprint density at radius 1 is 0.373 bits per heavy atom. The lowest BCUT2D eigenvalue weighted by molar-refractivity contribution is -0.221. The van der Waals surface area contributed by atoms with Crippen molar-refractivity contribution in [2.75, 3.05) is 81.2 Å². The van der Waals surface area contributed by atoms with Crippen molar-refractivity contribution >= 4 is 221 Å². The molecule has 0 aromatic carbocycles. The van der Waals surface area contributed by atoms with Crippen molar-refractivity contribution in [3.63, 3.8) is 0 Å². The summed E-state index contributed by atoms with van der Waals surface area (Å²) in [4.78, 5) is 226. The minimum absolute atomic E-state index is 0.00960. The van der Waals surface area contributed by atoms with E-state index in [0.29, 0.717) is 5.56 Å². The molecule has 150 heavy (non-hydrogen) atoms. The second-order valence-electron chi connectivity index (χ2n) is 34.5. The van der Waals surface area contributed by atoms with Crippen molar-refractivity contribution in [1.29, 1.82) is 0 Å². The minimum atomic E-state index is -5.02. The summed E-state index contributed by atoms with van der Waals surface area (Å²) in [6.07, 6.45) is -18.1. The number of anilines is 6. The first-order valence-electron chi connectivity index (χ1n) is 44.7. The molecule has 64 nitrogen and oxygen atoms in total. The van der Waals surface area contributed by atoms with Crippen molar-refractivity contribution in [3.05, 3.63) is 130 Å². The normalized spacial score (nSPS) is 29.1. The quantitative estimate of drug-likeness (QED) is 0.0141. The predicted molar refractivity (Wildman–Crippen MR) is 531 cm³/mol. The SMILES string of the molecule is CC[C@H]1O[C@@H](n2cc(C)c(=O)[nH]c2=O)C[C@H]1OP([O-])(=S)OC[C@H]1O[C@@H](n2cnc3c(=O)[nH]c(N)nc32)C[C@H]1OP(=O)([S-])OC[C@H]1O[C@@H](n2cnc3c(N)ncnc32)C[C@H]1OP([O-])(=S)OC[C@H]1O[C@@H](n2cnc3c(N)ncnc32)C[C@H]1OP([O-])(=S)OC[C@H]1O[C@@H](n2cnc3c(=O)[nH]c(N)nc32)C[C@H]1OP([O-])(=S)OC[C@H]1O[C@@H](n2cc(C)c(N)nc2=O)C[C@H]1OP(O)(=S)OC[C@H]1O[C@@H](n2cnc3c(=O)[nH]c(N)nc32)C[C@H]1OP([O-])(=S)OC. The van der Waals surface area contributed by atoms with E-state index in [4.69, 9.17) is 214 Å². The zero-order valence-electron chi connectivity index (χ0n) is 77.5. The van der Waals surface area contributed by atoms with Gasteiger partial charge in [0.15, 0.2) is 63.2 Å². The lowest BCUT2D eigenvalue weighted by Gasteiger charge is -2.36. The van der Waals surface area contributed by atoms with Crippen molar-refractivity contribution in [2.24, 2.45) is 0 Å². The Balaban J connectivity index is 0.546. The first-order chi connectivity index (χ1) is 71.0. The second kappa shape index (κ2) is 43.8. The molecule has 78 heteroatoms. The third-order valence-corrected chi connectivity index (χ3v) is 35.9. The zero-order valence-corrected chi connectivity index (χ0v) is 89.5. The van der Waals surface area contributed by atoms with Crippen LogP contribution in [-0.4, -0.2) is 254 Å². The van der Waals surface area contributed by atoms with Gasteiger partial charge in [0.1, 0.15) is 143 Å². The fourth-order valence-corrected chi connectivity index (χ4v) is 27.5. The van der Waals surface area contributed by atoms with E-state index in [1.165, 1.54) is 73.8 Å². The number of rotatable bonds is 41. The number of nitrogens with zero attached hydrogens (tertiary/aromatic N) is 20. The van der Waals surface area contributed by atoms with Gasteiger partial charge in [0.2, 0.25) is 17.8 Å². The van der Waals surface area contributed by atoms with Crippen molar-refractivity contribution in [3.8, 4) is 0 Å². The van der Waals surface area contributed by atoms with Crippen LogP contribution in [0.5, 0.6) is 0 Å². The van der Waals surface area contributed by atoms with Crippen LogP contribution in [0.1, 0.15) is 113 Å². The summed E-state index contributed by atoms with van der Waals surface area (Å²) in [5.74, 6) is -1.08. The number of ether oxygens (including phenoxy) is 7. The van der Waals surface area contributed by atoms with Gasteiger partial charge in [0.05, 0.1) is 120 Å². The largest absolute Gasteiger partial charge is 0.780 e. The van der Waals surface area contributed by atoms with E-state index in [0.717, 1.165) is 28.9 Å². The average Bonchev–Trinajstić information content (AvgIpc) is 1.63. The number of aryl methyl sites for hydroxylation is 2. The molecule has 7 unspecified atom stereocenters. The number of nitrogens with one attached hydrogen (secondary N) is 4. The molecule has 0 radical (unpaired) electrons. The van der Waals surface area contributed by atoms with Gasteiger partial charge in [0.25, 0.3) is 22.2 Å². The summed E-state index contributed by atoms with van der Waals surface area (Å²) < 4.78 is 151. The number of aromatic nitrogens is 24. The van der Waals surface area contributed by atoms with Crippen molar-refractivity contribution < 1.29 is 130 Å². The molecule has 0 amide bonds. The standard InChI is InChI=1S/C72H93N30O34P7S7/c1-5-30-31(6-44(123-30)97-14-29(3)64(103)95-72(97)108)131-138(110,145)117-19-42-36(11-49(128-42)101-26-86-54-62(101)90-69(77)93-66(54)105)136-143(115,150)121-18-41-34(9-46(126-41)98-23-83-51-57(74)79-21-81-59(51)98)133-141(113,148)120-17-40-35(10-47(125-40)99-24-84-52-58(75)80-22-82-60(52)99)134-142(114,149)122-20-43-37(12-50(129-43)102-27-87-55-63(102)91-70(78)94-67(55)106)135-140(112,147)119-16-39-33(7-45(124-39)96-13-28(2)56(73)88-71(96)107)132-139(111,146)118-15-38-32(130-137(109,144)116-4)8-48(127-38)100-25-85-53-61(100)89-68(76)92-65(53)104/h13-14,21-27,30-50H,5-12,15-20H2,1-4H3,(H,109,144)(H,110,145)(H,111,146)(H,112,147)(H,113,148)(H,114,149)(H,115,150)(H2,73,88,107)(H2,74,79,81)(H2,75,80,82)(H,95,103,108)(H3,76,89,92,104)(H3,77,90,93,105)(H3,78,91,94,106)/p-6/t30-,31-,32-,33-,34-,35-,36-,37-,38-,39-,40-,41-,42-,43-,44-,45-,46-,47-,48-,49-,50-,137?,138?,139?,140?,141?,142?,143?/m1/s1. The Bertz CT molecular complexity index is 7950. The van der Waals surface area contributed by atoms with Crippen LogP contribution in [0.15, 0.2) is 85.5 Å². The molecule has 812 valence electrons. The average molecular weight is 2360 g/mol. The molecule has 0 aliphatic carbocycles. The van der Waals surface area contributed by atoms with Crippen LogP contribution in [0.3, 0.4) is 0 Å². The summed E-state index contributed by atoms with van der Waals surface area (Å²) in [5.41, 5.74) is 32.2. The molecule has 7 aliphatic heterocycles. The molecule has 19 heterocycles. The van der Waals surface area contributed by atoms with E-state index in [9.17, 15) is 48.0 Å². The maximum absolute atomic E-state index is 15.2. The third-order valence-electron chi connectivity index (χ3n) is 24.7. The topological polar surface area (TPSA) is 870 Å². The lowest BCUT2D eigenvalue weighted by atomic mass is 10.1. The Kier molecular flexibility index (Phi) is 32.2. The number of aromatic amines is 4. The number of H-pyrrole nitrogens is 4. The number of fused-ring (bicyclic) bond motifs is 5. The summed E-state index contributed by atoms with van der Waals surface area (Å²) in [6.45, 7) is -33.4. The van der Waals surface area contributed by atoms with Crippen LogP contribution in [0, 0.1) is 13.8 Å². The van der Waals surface area contributed by atoms with Gasteiger partial charge in [0, 0.05) is 75.6 Å². The van der Waals surface area contributed by atoms with Crippen molar-refractivity contribution in [1.82, 2.24) is 117 Å². The van der Waals surface area contributed by atoms with Crippen LogP contribution in [0.4, 0.5) is 35.3 Å². The first-order valence-corrected chi connectivity index (χ1v) is 62.6. The highest BCUT2D eigenvalue weighted by Gasteiger charge is 2.50. The van der Waals surface area contributed by atoms with Crippen LogP contribution >= 0.6 is 47.1 Å². The monoisotopic (exact) mass is 2360 g/mol. The van der Waals surface area contributed by atoms with Gasteiger partial charge in [-0.1, -0.05) is 66.0 Å².